The highest BCUT2D eigenvalue weighted by atomic mass is 19.1. The van der Waals surface area contributed by atoms with Crippen LogP contribution in [0.3, 0.4) is 0 Å². The predicted octanol–water partition coefficient (Wildman–Crippen LogP) is 4.02. The molecule has 0 radical (unpaired) electrons. The first-order valence-electron chi connectivity index (χ1n) is 5.59. The molecule has 0 aromatic heterocycles. The molecule has 0 aliphatic carbocycles. The smallest absolute Gasteiger partial charge is 0.123 e. The second-order valence-electron chi connectivity index (χ2n) is 4.18. The van der Waals surface area contributed by atoms with Gasteiger partial charge in [-0.25, -0.2) is 4.39 Å². The van der Waals surface area contributed by atoms with Gasteiger partial charge in [-0.05, 0) is 43.2 Å². The molecular weight excluding hydrogens is 215 g/mol. The van der Waals surface area contributed by atoms with E-state index in [1.54, 1.807) is 12.1 Å². The van der Waals surface area contributed by atoms with Crippen molar-refractivity contribution < 1.29 is 9.13 Å². The van der Waals surface area contributed by atoms with Crippen LogP contribution in [0.25, 0.3) is 0 Å². The molecule has 2 aromatic carbocycles. The molecule has 0 saturated carbocycles. The maximum atomic E-state index is 12.7. The summed E-state index contributed by atoms with van der Waals surface area (Å²) < 4.78 is 18.4. The minimum atomic E-state index is -0.222. The van der Waals surface area contributed by atoms with Crippen LogP contribution in [0.1, 0.15) is 16.7 Å². The Bertz CT molecular complexity index is 503. The lowest BCUT2D eigenvalue weighted by Gasteiger charge is -2.09. The maximum Gasteiger partial charge on any atom is 0.123 e. The highest BCUT2D eigenvalue weighted by Gasteiger charge is 2.00. The molecule has 17 heavy (non-hydrogen) atoms. The maximum absolute atomic E-state index is 12.7. The lowest BCUT2D eigenvalue weighted by molar-refractivity contribution is 0.304. The zero-order valence-corrected chi connectivity index (χ0v) is 10.0. The Morgan fingerprint density at radius 2 is 1.71 bits per heavy atom. The van der Waals surface area contributed by atoms with Crippen LogP contribution in [0, 0.1) is 19.7 Å². The minimum Gasteiger partial charge on any atom is -0.489 e. The summed E-state index contributed by atoms with van der Waals surface area (Å²) in [7, 11) is 0. The molecule has 2 rings (SSSR count). The largest absolute Gasteiger partial charge is 0.489 e. The number of ether oxygens (including phenoxy) is 1. The molecule has 0 unspecified atom stereocenters. The number of hydrogen-bond donors (Lipinski definition) is 0. The van der Waals surface area contributed by atoms with E-state index >= 15 is 0 Å². The van der Waals surface area contributed by atoms with Gasteiger partial charge >= 0.3 is 0 Å². The third-order valence-corrected chi connectivity index (χ3v) is 2.64. The summed E-state index contributed by atoms with van der Waals surface area (Å²) in [5, 5.41) is 0. The summed E-state index contributed by atoms with van der Waals surface area (Å²) in [5.74, 6) is 0.653. The van der Waals surface area contributed by atoms with E-state index in [9.17, 15) is 4.39 Å². The third kappa shape index (κ3) is 3.06. The van der Waals surface area contributed by atoms with Crippen LogP contribution in [0.2, 0.25) is 0 Å². The van der Waals surface area contributed by atoms with E-state index in [2.05, 4.69) is 13.0 Å². The molecule has 0 amide bonds. The Hall–Kier alpha value is -1.83. The number of hydrogen-bond acceptors (Lipinski definition) is 1. The fourth-order valence-corrected chi connectivity index (χ4v) is 1.70. The summed E-state index contributed by atoms with van der Waals surface area (Å²) in [6, 6.07) is 12.4. The molecule has 0 spiro atoms. The fourth-order valence-electron chi connectivity index (χ4n) is 1.70. The zero-order chi connectivity index (χ0) is 12.3. The second kappa shape index (κ2) is 5.00. The van der Waals surface area contributed by atoms with Gasteiger partial charge in [-0.15, -0.1) is 0 Å². The first-order chi connectivity index (χ1) is 8.15. The van der Waals surface area contributed by atoms with Gasteiger partial charge in [-0.3, -0.25) is 0 Å². The van der Waals surface area contributed by atoms with E-state index in [1.165, 1.54) is 17.7 Å². The molecular formula is C15H15FO. The van der Waals surface area contributed by atoms with Crippen molar-refractivity contribution in [2.45, 2.75) is 20.5 Å². The van der Waals surface area contributed by atoms with Gasteiger partial charge in [-0.1, -0.05) is 29.8 Å². The SMILES string of the molecule is Cc1ccc(OCc2ccc(F)cc2)c(C)c1. The molecule has 2 heteroatoms. The predicted molar refractivity (Wildman–Crippen MR) is 66.6 cm³/mol. The van der Waals surface area contributed by atoms with Crippen LogP contribution in [-0.4, -0.2) is 0 Å². The summed E-state index contributed by atoms with van der Waals surface area (Å²) in [5.41, 5.74) is 3.30. The number of rotatable bonds is 3. The monoisotopic (exact) mass is 230 g/mol. The lowest BCUT2D eigenvalue weighted by Crippen LogP contribution is -1.97. The van der Waals surface area contributed by atoms with Gasteiger partial charge in [0.2, 0.25) is 0 Å². The van der Waals surface area contributed by atoms with Crippen molar-refractivity contribution in [2.75, 3.05) is 0 Å². The van der Waals surface area contributed by atoms with Crippen molar-refractivity contribution in [3.63, 3.8) is 0 Å². The first-order valence-corrected chi connectivity index (χ1v) is 5.59. The molecule has 0 N–H and O–H groups in total. The van der Waals surface area contributed by atoms with Crippen LogP contribution in [-0.2, 0) is 6.61 Å². The van der Waals surface area contributed by atoms with Gasteiger partial charge < -0.3 is 4.74 Å². The van der Waals surface area contributed by atoms with E-state index in [4.69, 9.17) is 4.74 Å². The van der Waals surface area contributed by atoms with Crippen LogP contribution < -0.4 is 4.74 Å². The van der Waals surface area contributed by atoms with Gasteiger partial charge in [0, 0.05) is 0 Å². The minimum absolute atomic E-state index is 0.222. The highest BCUT2D eigenvalue weighted by molar-refractivity contribution is 5.35. The number of halogens is 1. The van der Waals surface area contributed by atoms with Crippen molar-refractivity contribution in [3.05, 3.63) is 65.0 Å². The molecule has 2 aromatic rings. The topological polar surface area (TPSA) is 9.23 Å². The van der Waals surface area contributed by atoms with Crippen molar-refractivity contribution in [3.8, 4) is 5.75 Å². The molecule has 0 atom stereocenters. The Balaban J connectivity index is 2.04. The van der Waals surface area contributed by atoms with Gasteiger partial charge in [-0.2, -0.15) is 0 Å². The molecule has 0 aliphatic heterocycles. The Morgan fingerprint density at radius 1 is 1.00 bits per heavy atom. The van der Waals surface area contributed by atoms with Gasteiger partial charge in [0.1, 0.15) is 18.2 Å². The molecule has 0 aliphatic rings. The normalized spacial score (nSPS) is 10.3. The summed E-state index contributed by atoms with van der Waals surface area (Å²) in [4.78, 5) is 0. The van der Waals surface area contributed by atoms with Gasteiger partial charge in [0.05, 0.1) is 0 Å². The second-order valence-corrected chi connectivity index (χ2v) is 4.18. The molecule has 0 saturated heterocycles. The quantitative estimate of drug-likeness (QED) is 0.773. The molecule has 0 bridgehead atoms. The first kappa shape index (κ1) is 11.6. The Labute approximate surface area is 101 Å². The van der Waals surface area contributed by atoms with Crippen LogP contribution in [0.15, 0.2) is 42.5 Å². The zero-order valence-electron chi connectivity index (χ0n) is 10.0. The molecule has 0 heterocycles. The van der Waals surface area contributed by atoms with E-state index in [-0.39, 0.29) is 5.82 Å². The van der Waals surface area contributed by atoms with Gasteiger partial charge in [0.15, 0.2) is 0 Å². The number of benzene rings is 2. The lowest BCUT2D eigenvalue weighted by atomic mass is 10.1. The highest BCUT2D eigenvalue weighted by Crippen LogP contribution is 2.20. The number of aryl methyl sites for hydroxylation is 2. The van der Waals surface area contributed by atoms with Crippen molar-refractivity contribution in [2.24, 2.45) is 0 Å². The van der Waals surface area contributed by atoms with Crippen molar-refractivity contribution in [1.29, 1.82) is 0 Å². The Morgan fingerprint density at radius 3 is 2.35 bits per heavy atom. The van der Waals surface area contributed by atoms with Gasteiger partial charge in [0.25, 0.3) is 0 Å². The van der Waals surface area contributed by atoms with Crippen LogP contribution in [0.4, 0.5) is 4.39 Å². The van der Waals surface area contributed by atoms with Crippen molar-refractivity contribution in [1.82, 2.24) is 0 Å². The fraction of sp³-hybridized carbons (Fsp3) is 0.200. The molecule has 88 valence electrons. The van der Waals surface area contributed by atoms with Crippen LogP contribution in [0.5, 0.6) is 5.75 Å². The summed E-state index contributed by atoms with van der Waals surface area (Å²) in [6.45, 7) is 4.54. The average molecular weight is 230 g/mol. The summed E-state index contributed by atoms with van der Waals surface area (Å²) >= 11 is 0. The average Bonchev–Trinajstić information content (AvgIpc) is 2.30. The summed E-state index contributed by atoms with van der Waals surface area (Å²) in [6.07, 6.45) is 0. The third-order valence-electron chi connectivity index (χ3n) is 2.64. The van der Waals surface area contributed by atoms with Crippen LogP contribution >= 0.6 is 0 Å². The van der Waals surface area contributed by atoms with E-state index < -0.39 is 0 Å². The van der Waals surface area contributed by atoms with E-state index in [0.717, 1.165) is 16.9 Å². The van der Waals surface area contributed by atoms with E-state index in [0.29, 0.717) is 6.61 Å². The molecule has 0 fully saturated rings. The standard InChI is InChI=1S/C15H15FO/c1-11-3-8-15(12(2)9-11)17-10-13-4-6-14(16)7-5-13/h3-9H,10H2,1-2H3. The van der Waals surface area contributed by atoms with E-state index in [1.807, 2.05) is 19.1 Å². The Kier molecular flexibility index (Phi) is 3.43. The molecule has 1 nitrogen and oxygen atoms in total. The van der Waals surface area contributed by atoms with Crippen molar-refractivity contribution >= 4 is 0 Å².